The number of aliphatic hydroxyl groups is 1. The van der Waals surface area contributed by atoms with Crippen molar-refractivity contribution >= 4 is 5.91 Å². The van der Waals surface area contributed by atoms with Gasteiger partial charge in [0.15, 0.2) is 0 Å². The molecule has 1 aliphatic carbocycles. The Kier molecular flexibility index (Phi) is 4.80. The third-order valence-corrected chi connectivity index (χ3v) is 3.85. The molecule has 0 aromatic heterocycles. The second-order valence-electron chi connectivity index (χ2n) is 5.46. The van der Waals surface area contributed by atoms with Crippen LogP contribution in [0.3, 0.4) is 0 Å². The summed E-state index contributed by atoms with van der Waals surface area (Å²) in [5, 5.41) is 15.8. The van der Waals surface area contributed by atoms with Crippen molar-refractivity contribution in [3.05, 3.63) is 0 Å². The van der Waals surface area contributed by atoms with Gasteiger partial charge in [0.25, 0.3) is 0 Å². The second kappa shape index (κ2) is 6.36. The Morgan fingerprint density at radius 2 is 2.24 bits per heavy atom. The van der Waals surface area contributed by atoms with E-state index in [1.807, 2.05) is 0 Å². The first-order valence-electron chi connectivity index (χ1n) is 6.91. The van der Waals surface area contributed by atoms with Crippen molar-refractivity contribution in [2.24, 2.45) is 11.8 Å². The SMILES string of the molecule is O=C(CCC1CCCNC1)NCC(O)C1CC1. The van der Waals surface area contributed by atoms with Crippen LogP contribution in [0.5, 0.6) is 0 Å². The van der Waals surface area contributed by atoms with Gasteiger partial charge in [0, 0.05) is 13.0 Å². The minimum atomic E-state index is -0.324. The average Bonchev–Trinajstić information content (AvgIpc) is 3.19. The van der Waals surface area contributed by atoms with E-state index in [-0.39, 0.29) is 12.0 Å². The van der Waals surface area contributed by atoms with Crippen LogP contribution >= 0.6 is 0 Å². The Bertz CT molecular complexity index is 248. The van der Waals surface area contributed by atoms with Crippen molar-refractivity contribution in [1.82, 2.24) is 10.6 Å². The van der Waals surface area contributed by atoms with Crippen molar-refractivity contribution in [2.45, 2.75) is 44.6 Å². The Balaban J connectivity index is 1.53. The molecule has 0 bridgehead atoms. The zero-order valence-corrected chi connectivity index (χ0v) is 10.5. The van der Waals surface area contributed by atoms with E-state index in [1.165, 1.54) is 12.8 Å². The Labute approximate surface area is 103 Å². The van der Waals surface area contributed by atoms with Gasteiger partial charge in [0.2, 0.25) is 5.91 Å². The van der Waals surface area contributed by atoms with Gasteiger partial charge in [-0.3, -0.25) is 4.79 Å². The number of rotatable bonds is 6. The lowest BCUT2D eigenvalue weighted by Gasteiger charge is -2.22. The van der Waals surface area contributed by atoms with Crippen LogP contribution in [-0.4, -0.2) is 36.8 Å². The molecule has 4 heteroatoms. The molecule has 2 unspecified atom stereocenters. The molecule has 0 spiro atoms. The number of piperidine rings is 1. The van der Waals surface area contributed by atoms with Crippen molar-refractivity contribution in [2.75, 3.05) is 19.6 Å². The van der Waals surface area contributed by atoms with Gasteiger partial charge in [-0.2, -0.15) is 0 Å². The summed E-state index contributed by atoms with van der Waals surface area (Å²) in [7, 11) is 0. The first-order valence-corrected chi connectivity index (χ1v) is 6.91. The topological polar surface area (TPSA) is 61.4 Å². The number of carbonyl (C=O) groups excluding carboxylic acids is 1. The molecular weight excluding hydrogens is 216 g/mol. The van der Waals surface area contributed by atoms with Crippen LogP contribution in [0.4, 0.5) is 0 Å². The van der Waals surface area contributed by atoms with E-state index >= 15 is 0 Å². The summed E-state index contributed by atoms with van der Waals surface area (Å²) >= 11 is 0. The highest BCUT2D eigenvalue weighted by molar-refractivity contribution is 5.75. The molecule has 0 radical (unpaired) electrons. The normalized spacial score (nSPS) is 26.5. The van der Waals surface area contributed by atoms with E-state index in [0.29, 0.717) is 24.8 Å². The summed E-state index contributed by atoms with van der Waals surface area (Å²) in [5.41, 5.74) is 0. The molecule has 1 saturated carbocycles. The molecule has 2 rings (SSSR count). The molecule has 4 nitrogen and oxygen atoms in total. The second-order valence-corrected chi connectivity index (χ2v) is 5.46. The maximum Gasteiger partial charge on any atom is 0.220 e. The van der Waals surface area contributed by atoms with Gasteiger partial charge in [-0.25, -0.2) is 0 Å². The van der Waals surface area contributed by atoms with Crippen LogP contribution in [0, 0.1) is 11.8 Å². The first-order chi connectivity index (χ1) is 8.25. The minimum Gasteiger partial charge on any atom is -0.391 e. The van der Waals surface area contributed by atoms with Crippen LogP contribution in [0.2, 0.25) is 0 Å². The van der Waals surface area contributed by atoms with E-state index in [9.17, 15) is 9.90 Å². The summed E-state index contributed by atoms with van der Waals surface area (Å²) in [5.74, 6) is 1.19. The molecule has 1 saturated heterocycles. The molecule has 1 amide bonds. The van der Waals surface area contributed by atoms with E-state index in [4.69, 9.17) is 0 Å². The fourth-order valence-electron chi connectivity index (χ4n) is 2.46. The highest BCUT2D eigenvalue weighted by Gasteiger charge is 2.29. The van der Waals surface area contributed by atoms with Gasteiger partial charge in [0.05, 0.1) is 6.10 Å². The third-order valence-electron chi connectivity index (χ3n) is 3.85. The number of carbonyl (C=O) groups is 1. The predicted octanol–water partition coefficient (Wildman–Crippen LogP) is 0.653. The molecule has 2 atom stereocenters. The van der Waals surface area contributed by atoms with E-state index < -0.39 is 0 Å². The summed E-state index contributed by atoms with van der Waals surface area (Å²) < 4.78 is 0. The molecule has 17 heavy (non-hydrogen) atoms. The Morgan fingerprint density at radius 1 is 1.41 bits per heavy atom. The summed E-state index contributed by atoms with van der Waals surface area (Å²) in [6.45, 7) is 2.61. The largest absolute Gasteiger partial charge is 0.391 e. The number of hydrogen-bond donors (Lipinski definition) is 3. The maximum absolute atomic E-state index is 11.6. The van der Waals surface area contributed by atoms with Crippen molar-refractivity contribution in [3.8, 4) is 0 Å². The van der Waals surface area contributed by atoms with Gasteiger partial charge < -0.3 is 15.7 Å². The van der Waals surface area contributed by atoms with E-state index in [2.05, 4.69) is 10.6 Å². The quantitative estimate of drug-likeness (QED) is 0.639. The lowest BCUT2D eigenvalue weighted by atomic mass is 9.94. The minimum absolute atomic E-state index is 0.0928. The molecule has 2 fully saturated rings. The molecular formula is C13H24N2O2. The standard InChI is InChI=1S/C13H24N2O2/c16-12(11-4-5-11)9-15-13(17)6-3-10-2-1-7-14-8-10/h10-12,14,16H,1-9H2,(H,15,17). The zero-order valence-electron chi connectivity index (χ0n) is 10.5. The van der Waals surface area contributed by atoms with Crippen LogP contribution in [0.1, 0.15) is 38.5 Å². The maximum atomic E-state index is 11.6. The van der Waals surface area contributed by atoms with Crippen LogP contribution in [-0.2, 0) is 4.79 Å². The number of nitrogens with one attached hydrogen (secondary N) is 2. The summed E-state index contributed by atoms with van der Waals surface area (Å²) in [4.78, 5) is 11.6. The Morgan fingerprint density at radius 3 is 2.88 bits per heavy atom. The smallest absolute Gasteiger partial charge is 0.220 e. The molecule has 98 valence electrons. The number of amides is 1. The highest BCUT2D eigenvalue weighted by atomic mass is 16.3. The highest BCUT2D eigenvalue weighted by Crippen LogP contribution is 2.32. The zero-order chi connectivity index (χ0) is 12.1. The van der Waals surface area contributed by atoms with Gasteiger partial charge in [-0.1, -0.05) is 0 Å². The fourth-order valence-corrected chi connectivity index (χ4v) is 2.46. The lowest BCUT2D eigenvalue weighted by Crippen LogP contribution is -2.34. The molecule has 3 N–H and O–H groups in total. The first kappa shape index (κ1) is 12.8. The van der Waals surface area contributed by atoms with Crippen LogP contribution < -0.4 is 10.6 Å². The predicted molar refractivity (Wildman–Crippen MR) is 66.6 cm³/mol. The van der Waals surface area contributed by atoms with Crippen molar-refractivity contribution < 1.29 is 9.90 Å². The molecule has 0 aromatic rings. The molecule has 0 aromatic carbocycles. The summed E-state index contributed by atoms with van der Waals surface area (Å²) in [6.07, 6.45) is 5.95. The molecule has 1 heterocycles. The van der Waals surface area contributed by atoms with Crippen molar-refractivity contribution in [1.29, 1.82) is 0 Å². The van der Waals surface area contributed by atoms with Gasteiger partial charge in [-0.05, 0) is 57.0 Å². The lowest BCUT2D eigenvalue weighted by molar-refractivity contribution is -0.121. The number of hydrogen-bond acceptors (Lipinski definition) is 3. The summed E-state index contributed by atoms with van der Waals surface area (Å²) in [6, 6.07) is 0. The van der Waals surface area contributed by atoms with Crippen LogP contribution in [0.25, 0.3) is 0 Å². The van der Waals surface area contributed by atoms with Crippen molar-refractivity contribution in [3.63, 3.8) is 0 Å². The van der Waals surface area contributed by atoms with E-state index in [0.717, 1.165) is 32.4 Å². The van der Waals surface area contributed by atoms with Crippen LogP contribution in [0.15, 0.2) is 0 Å². The van der Waals surface area contributed by atoms with Gasteiger partial charge in [0.1, 0.15) is 0 Å². The average molecular weight is 240 g/mol. The monoisotopic (exact) mass is 240 g/mol. The third kappa shape index (κ3) is 4.64. The fraction of sp³-hybridized carbons (Fsp3) is 0.923. The number of aliphatic hydroxyl groups excluding tert-OH is 1. The van der Waals surface area contributed by atoms with Gasteiger partial charge >= 0.3 is 0 Å². The van der Waals surface area contributed by atoms with E-state index in [1.54, 1.807) is 0 Å². The molecule has 1 aliphatic heterocycles. The Hall–Kier alpha value is -0.610. The van der Waals surface area contributed by atoms with Gasteiger partial charge in [-0.15, -0.1) is 0 Å². The molecule has 2 aliphatic rings.